The first-order valence-corrected chi connectivity index (χ1v) is 18.2. The predicted octanol–water partition coefficient (Wildman–Crippen LogP) is 5.06. The van der Waals surface area contributed by atoms with Crippen LogP contribution in [0.1, 0.15) is 39.5 Å². The van der Waals surface area contributed by atoms with E-state index in [-0.39, 0.29) is 0 Å². The Morgan fingerprint density at radius 2 is 1.18 bits per heavy atom. The number of halogens is 2. The second-order valence-electron chi connectivity index (χ2n) is 4.26. The minimum atomic E-state index is -1.57. The summed E-state index contributed by atoms with van der Waals surface area (Å²) in [7, 11) is 0. The first kappa shape index (κ1) is 19.1. The van der Waals surface area contributed by atoms with Gasteiger partial charge in [0.1, 0.15) is 0 Å². The molecule has 0 bridgehead atoms. The van der Waals surface area contributed by atoms with Crippen LogP contribution >= 0.6 is 23.2 Å². The second-order valence-corrected chi connectivity index (χ2v) is 21.4. The molecule has 2 radical (unpaired) electrons. The summed E-state index contributed by atoms with van der Waals surface area (Å²) in [5, 5.41) is 0. The molecule has 0 saturated heterocycles. The minimum absolute atomic E-state index is 0.809. The van der Waals surface area contributed by atoms with E-state index in [1.165, 1.54) is 43.4 Å². The van der Waals surface area contributed by atoms with Crippen LogP contribution in [0.15, 0.2) is 0 Å². The quantitative estimate of drug-likeness (QED) is 0.272. The molecule has 102 valence electrons. The van der Waals surface area contributed by atoms with E-state index in [1.54, 1.807) is 0 Å². The van der Waals surface area contributed by atoms with Gasteiger partial charge >= 0.3 is 134 Å². The molecule has 1 nitrogen and oxygen atoms in total. The van der Waals surface area contributed by atoms with E-state index < -0.39 is 40.3 Å². The summed E-state index contributed by atoms with van der Waals surface area (Å²) in [4.78, 5) is 0. The van der Waals surface area contributed by atoms with Crippen molar-refractivity contribution in [3.8, 4) is 0 Å². The Balaban J connectivity index is 4.02. The molecule has 0 fully saturated rings. The monoisotopic (exact) mass is 496 g/mol. The van der Waals surface area contributed by atoms with E-state index in [0.717, 1.165) is 11.8 Å². The standard InChI is InChI=1S/2C4H9.2C2H4Cl.O.2Sn/c2*1-3-4-2;2*1-2-3;;;/h2*1,3-4H2,2H3;2*1-2H2;;;. The summed E-state index contributed by atoms with van der Waals surface area (Å²) in [5.74, 6) is 1.62. The van der Waals surface area contributed by atoms with E-state index in [9.17, 15) is 0 Å². The Morgan fingerprint density at radius 3 is 1.47 bits per heavy atom. The van der Waals surface area contributed by atoms with Gasteiger partial charge in [-0.1, -0.05) is 0 Å². The fourth-order valence-corrected chi connectivity index (χ4v) is 29.3. The molecule has 0 aliphatic carbocycles. The first-order chi connectivity index (χ1) is 8.28. The molecule has 0 aromatic rings. The van der Waals surface area contributed by atoms with Crippen LogP contribution in [0.3, 0.4) is 0 Å². The van der Waals surface area contributed by atoms with Crippen molar-refractivity contribution in [2.24, 2.45) is 0 Å². The SMILES string of the molecule is CCC[CH2][Sn]([CH2]CCl)[O][Sn]([CH2]CCl)[CH2]CCC. The summed E-state index contributed by atoms with van der Waals surface area (Å²) in [5.41, 5.74) is 0. The van der Waals surface area contributed by atoms with Crippen molar-refractivity contribution in [2.45, 2.75) is 57.3 Å². The molecule has 0 amide bonds. The van der Waals surface area contributed by atoms with Gasteiger partial charge in [-0.15, -0.1) is 0 Å². The van der Waals surface area contributed by atoms with Gasteiger partial charge in [-0.3, -0.25) is 0 Å². The fourth-order valence-electron chi connectivity index (χ4n) is 1.62. The van der Waals surface area contributed by atoms with Crippen molar-refractivity contribution >= 4 is 63.5 Å². The number of alkyl halides is 2. The molecule has 0 atom stereocenters. The Kier molecular flexibility index (Phi) is 16.4. The molecule has 0 aliphatic rings. The number of rotatable bonds is 12. The molecule has 0 aliphatic heterocycles. The molecular weight excluding hydrogens is 468 g/mol. The van der Waals surface area contributed by atoms with Gasteiger partial charge < -0.3 is 0 Å². The number of unbranched alkanes of at least 4 members (excludes halogenated alkanes) is 2. The zero-order valence-electron chi connectivity index (χ0n) is 11.2. The van der Waals surface area contributed by atoms with E-state index in [1.807, 2.05) is 0 Å². The molecule has 0 heterocycles. The van der Waals surface area contributed by atoms with Crippen LogP contribution in [0, 0.1) is 0 Å². The Hall–Kier alpha value is 2.14. The fraction of sp³-hybridized carbons (Fsp3) is 1.00. The van der Waals surface area contributed by atoms with Gasteiger partial charge in [0.05, 0.1) is 0 Å². The molecule has 0 N–H and O–H groups in total. The zero-order valence-corrected chi connectivity index (χ0v) is 18.5. The maximum atomic E-state index is 6.56. The summed E-state index contributed by atoms with van der Waals surface area (Å²) >= 11 is 8.67. The van der Waals surface area contributed by atoms with Crippen LogP contribution in [0.2, 0.25) is 17.7 Å². The zero-order chi connectivity index (χ0) is 12.9. The van der Waals surface area contributed by atoms with Crippen molar-refractivity contribution in [3.05, 3.63) is 0 Å². The van der Waals surface area contributed by atoms with E-state index in [2.05, 4.69) is 13.8 Å². The summed E-state index contributed by atoms with van der Waals surface area (Å²) in [6.07, 6.45) is 5.27. The van der Waals surface area contributed by atoms with Crippen LogP contribution in [0.25, 0.3) is 0 Å². The third kappa shape index (κ3) is 11.6. The Bertz CT molecular complexity index is 145. The summed E-state index contributed by atoms with van der Waals surface area (Å²) in [6, 6.07) is 0. The summed E-state index contributed by atoms with van der Waals surface area (Å²) < 4.78 is 11.7. The molecule has 0 unspecified atom stereocenters. The van der Waals surface area contributed by atoms with Gasteiger partial charge in [0.15, 0.2) is 0 Å². The number of hydrogen-bond acceptors (Lipinski definition) is 1. The molecule has 17 heavy (non-hydrogen) atoms. The average Bonchev–Trinajstić information content (AvgIpc) is 2.33. The first-order valence-electron chi connectivity index (χ1n) is 6.77. The predicted molar refractivity (Wildman–Crippen MR) is 83.1 cm³/mol. The Morgan fingerprint density at radius 1 is 0.765 bits per heavy atom. The molecule has 5 heteroatoms. The van der Waals surface area contributed by atoms with Gasteiger partial charge in [-0.25, -0.2) is 0 Å². The van der Waals surface area contributed by atoms with Gasteiger partial charge in [-0.05, 0) is 0 Å². The van der Waals surface area contributed by atoms with E-state index >= 15 is 0 Å². The van der Waals surface area contributed by atoms with Gasteiger partial charge in [0.2, 0.25) is 0 Å². The topological polar surface area (TPSA) is 9.23 Å². The van der Waals surface area contributed by atoms with Gasteiger partial charge in [-0.2, -0.15) is 0 Å². The van der Waals surface area contributed by atoms with Crippen LogP contribution in [0.4, 0.5) is 0 Å². The molecule has 0 aromatic heterocycles. The molecule has 0 saturated carbocycles. The van der Waals surface area contributed by atoms with Crippen LogP contribution in [-0.2, 0) is 1.41 Å². The third-order valence-corrected chi connectivity index (χ3v) is 27.4. The van der Waals surface area contributed by atoms with Crippen molar-refractivity contribution < 1.29 is 1.41 Å². The van der Waals surface area contributed by atoms with Gasteiger partial charge in [0.25, 0.3) is 0 Å². The maximum absolute atomic E-state index is 6.56. The second kappa shape index (κ2) is 14.5. The molecule has 0 rings (SSSR count). The van der Waals surface area contributed by atoms with E-state index in [0.29, 0.717) is 0 Å². The van der Waals surface area contributed by atoms with Crippen molar-refractivity contribution in [1.29, 1.82) is 0 Å². The van der Waals surface area contributed by atoms with Crippen molar-refractivity contribution in [1.82, 2.24) is 0 Å². The van der Waals surface area contributed by atoms with Crippen molar-refractivity contribution in [2.75, 3.05) is 11.8 Å². The van der Waals surface area contributed by atoms with Crippen LogP contribution in [0.5, 0.6) is 0 Å². The van der Waals surface area contributed by atoms with Crippen molar-refractivity contribution in [3.63, 3.8) is 0 Å². The molecule has 0 spiro atoms. The van der Waals surface area contributed by atoms with Crippen LogP contribution in [-0.4, -0.2) is 52.1 Å². The Labute approximate surface area is 133 Å². The molecule has 0 aromatic carbocycles. The van der Waals surface area contributed by atoms with Gasteiger partial charge in [0, 0.05) is 0 Å². The number of hydrogen-bond donors (Lipinski definition) is 0. The molecular formula is C12H26Cl2OSn2. The average molecular weight is 495 g/mol. The summed E-state index contributed by atoms with van der Waals surface area (Å²) in [6.45, 7) is 4.52. The normalized spacial score (nSPS) is 11.6. The van der Waals surface area contributed by atoms with Crippen LogP contribution < -0.4 is 0 Å². The third-order valence-electron chi connectivity index (χ3n) is 2.65. The van der Waals surface area contributed by atoms with E-state index in [4.69, 9.17) is 24.6 Å².